The summed E-state index contributed by atoms with van der Waals surface area (Å²) in [4.78, 5) is 14.1. The second-order valence-corrected chi connectivity index (χ2v) is 4.79. The fraction of sp³-hybridized carbons (Fsp3) is 0.176. The summed E-state index contributed by atoms with van der Waals surface area (Å²) in [6.07, 6.45) is 0. The van der Waals surface area contributed by atoms with Crippen molar-refractivity contribution < 1.29 is 4.79 Å². The Balaban J connectivity index is 2.16. The number of carbonyl (C=O) groups is 1. The first-order valence-corrected chi connectivity index (χ1v) is 6.42. The van der Waals surface area contributed by atoms with Crippen molar-refractivity contribution in [1.29, 1.82) is 5.26 Å². The molecule has 0 aliphatic carbocycles. The van der Waals surface area contributed by atoms with E-state index in [9.17, 15) is 4.79 Å². The van der Waals surface area contributed by atoms with Gasteiger partial charge in [0.05, 0.1) is 11.6 Å². The molecule has 0 saturated heterocycles. The van der Waals surface area contributed by atoms with Crippen LogP contribution in [0.2, 0.25) is 0 Å². The Kier molecular flexibility index (Phi) is 4.17. The van der Waals surface area contributed by atoms with Crippen LogP contribution in [0.25, 0.3) is 0 Å². The van der Waals surface area contributed by atoms with Gasteiger partial charge in [0.2, 0.25) is 0 Å². The van der Waals surface area contributed by atoms with E-state index in [0.717, 1.165) is 11.1 Å². The molecule has 0 spiro atoms. The van der Waals surface area contributed by atoms with Crippen LogP contribution in [-0.4, -0.2) is 17.9 Å². The summed E-state index contributed by atoms with van der Waals surface area (Å²) in [6.45, 7) is 2.42. The molecule has 3 heteroatoms. The zero-order valence-electron chi connectivity index (χ0n) is 11.6. The Bertz CT molecular complexity index is 671. The van der Waals surface area contributed by atoms with E-state index in [-0.39, 0.29) is 5.91 Å². The molecule has 0 fully saturated rings. The van der Waals surface area contributed by atoms with E-state index in [4.69, 9.17) is 5.26 Å². The van der Waals surface area contributed by atoms with Gasteiger partial charge in [0.1, 0.15) is 0 Å². The zero-order valence-corrected chi connectivity index (χ0v) is 11.6. The number of nitrogens with zero attached hydrogens (tertiary/aromatic N) is 2. The van der Waals surface area contributed by atoms with E-state index >= 15 is 0 Å². The van der Waals surface area contributed by atoms with Gasteiger partial charge >= 0.3 is 0 Å². The lowest BCUT2D eigenvalue weighted by Gasteiger charge is -2.18. The molecule has 0 aromatic heterocycles. The summed E-state index contributed by atoms with van der Waals surface area (Å²) in [5.41, 5.74) is 3.24. The molecule has 2 aromatic rings. The number of amides is 1. The average molecular weight is 264 g/mol. The number of rotatable bonds is 3. The zero-order chi connectivity index (χ0) is 14.5. The quantitative estimate of drug-likeness (QED) is 0.854. The summed E-state index contributed by atoms with van der Waals surface area (Å²) >= 11 is 0. The Labute approximate surface area is 119 Å². The van der Waals surface area contributed by atoms with Crippen molar-refractivity contribution in [3.8, 4) is 6.07 Å². The van der Waals surface area contributed by atoms with Crippen LogP contribution in [0.1, 0.15) is 27.0 Å². The second-order valence-electron chi connectivity index (χ2n) is 4.79. The number of hydrogen-bond donors (Lipinski definition) is 0. The maximum atomic E-state index is 12.4. The van der Waals surface area contributed by atoms with Gasteiger partial charge in [-0.1, -0.05) is 30.3 Å². The highest BCUT2D eigenvalue weighted by Gasteiger charge is 2.13. The summed E-state index contributed by atoms with van der Waals surface area (Å²) in [7, 11) is 1.77. The van der Waals surface area contributed by atoms with E-state index in [2.05, 4.69) is 6.07 Å². The molecule has 0 heterocycles. The minimum Gasteiger partial charge on any atom is -0.337 e. The lowest BCUT2D eigenvalue weighted by molar-refractivity contribution is 0.0784. The summed E-state index contributed by atoms with van der Waals surface area (Å²) in [6, 6.07) is 17.0. The first-order chi connectivity index (χ1) is 9.61. The minimum absolute atomic E-state index is 0.00883. The van der Waals surface area contributed by atoms with Crippen LogP contribution in [0.4, 0.5) is 0 Å². The number of carbonyl (C=O) groups excluding carboxylic acids is 1. The molecule has 0 saturated carbocycles. The van der Waals surface area contributed by atoms with Gasteiger partial charge in [0, 0.05) is 19.2 Å². The maximum absolute atomic E-state index is 12.4. The highest BCUT2D eigenvalue weighted by atomic mass is 16.2. The Morgan fingerprint density at radius 2 is 1.95 bits per heavy atom. The SMILES string of the molecule is Cc1ccccc1C(=O)N(C)Cc1cccc(C#N)c1. The van der Waals surface area contributed by atoms with Gasteiger partial charge in [-0.05, 0) is 36.2 Å². The molecule has 20 heavy (non-hydrogen) atoms. The van der Waals surface area contributed by atoms with Crippen LogP contribution in [0.15, 0.2) is 48.5 Å². The summed E-state index contributed by atoms with van der Waals surface area (Å²) in [5.74, 6) is -0.00883. The molecule has 0 aliphatic heterocycles. The van der Waals surface area contributed by atoms with Crippen molar-refractivity contribution >= 4 is 5.91 Å². The van der Waals surface area contributed by atoms with Crippen LogP contribution in [0.3, 0.4) is 0 Å². The summed E-state index contributed by atoms with van der Waals surface area (Å²) in [5, 5.41) is 8.89. The first-order valence-electron chi connectivity index (χ1n) is 6.42. The molecule has 0 aliphatic rings. The molecule has 0 bridgehead atoms. The van der Waals surface area contributed by atoms with Gasteiger partial charge in [-0.25, -0.2) is 0 Å². The van der Waals surface area contributed by atoms with E-state index in [1.165, 1.54) is 0 Å². The topological polar surface area (TPSA) is 44.1 Å². The van der Waals surface area contributed by atoms with E-state index in [1.54, 1.807) is 18.0 Å². The predicted octanol–water partition coefficient (Wildman–Crippen LogP) is 3.14. The smallest absolute Gasteiger partial charge is 0.254 e. The fourth-order valence-corrected chi connectivity index (χ4v) is 2.10. The largest absolute Gasteiger partial charge is 0.337 e. The van der Waals surface area contributed by atoms with Crippen molar-refractivity contribution in [2.75, 3.05) is 7.05 Å². The Hall–Kier alpha value is -2.60. The third kappa shape index (κ3) is 3.04. The lowest BCUT2D eigenvalue weighted by Crippen LogP contribution is -2.26. The van der Waals surface area contributed by atoms with Crippen LogP contribution in [0, 0.1) is 18.3 Å². The number of aryl methyl sites for hydroxylation is 1. The molecule has 100 valence electrons. The average Bonchev–Trinajstić information content (AvgIpc) is 2.47. The van der Waals surface area contributed by atoms with E-state index in [1.807, 2.05) is 49.4 Å². The highest BCUT2D eigenvalue weighted by molar-refractivity contribution is 5.95. The number of benzene rings is 2. The van der Waals surface area contributed by atoms with Gasteiger partial charge in [-0.3, -0.25) is 4.79 Å². The molecule has 0 radical (unpaired) electrons. The van der Waals surface area contributed by atoms with E-state index in [0.29, 0.717) is 17.7 Å². The number of hydrogen-bond acceptors (Lipinski definition) is 2. The lowest BCUT2D eigenvalue weighted by atomic mass is 10.1. The van der Waals surface area contributed by atoms with Gasteiger partial charge < -0.3 is 4.90 Å². The molecule has 3 nitrogen and oxygen atoms in total. The van der Waals surface area contributed by atoms with Gasteiger partial charge in [0.25, 0.3) is 5.91 Å². The summed E-state index contributed by atoms with van der Waals surface area (Å²) < 4.78 is 0. The molecule has 2 rings (SSSR count). The molecule has 0 N–H and O–H groups in total. The molecule has 2 aromatic carbocycles. The predicted molar refractivity (Wildman–Crippen MR) is 78.1 cm³/mol. The fourth-order valence-electron chi connectivity index (χ4n) is 2.10. The van der Waals surface area contributed by atoms with Crippen molar-refractivity contribution in [3.05, 3.63) is 70.8 Å². The normalized spacial score (nSPS) is 9.85. The van der Waals surface area contributed by atoms with Crippen LogP contribution in [0.5, 0.6) is 0 Å². The van der Waals surface area contributed by atoms with Crippen molar-refractivity contribution in [2.45, 2.75) is 13.5 Å². The third-order valence-corrected chi connectivity index (χ3v) is 3.20. The second kappa shape index (κ2) is 6.03. The monoisotopic (exact) mass is 264 g/mol. The molecule has 0 atom stereocenters. The Morgan fingerprint density at radius 3 is 2.65 bits per heavy atom. The van der Waals surface area contributed by atoms with Gasteiger partial charge in [-0.15, -0.1) is 0 Å². The van der Waals surface area contributed by atoms with Crippen LogP contribution >= 0.6 is 0 Å². The van der Waals surface area contributed by atoms with E-state index < -0.39 is 0 Å². The molecular formula is C17H16N2O. The standard InChI is InChI=1S/C17H16N2O/c1-13-6-3-4-9-16(13)17(20)19(2)12-15-8-5-7-14(10-15)11-18/h3-10H,12H2,1-2H3. The molecule has 0 unspecified atom stereocenters. The van der Waals surface area contributed by atoms with Gasteiger partial charge in [-0.2, -0.15) is 5.26 Å². The highest BCUT2D eigenvalue weighted by Crippen LogP contribution is 2.13. The van der Waals surface area contributed by atoms with Crippen molar-refractivity contribution in [3.63, 3.8) is 0 Å². The molecule has 1 amide bonds. The van der Waals surface area contributed by atoms with Crippen molar-refractivity contribution in [2.24, 2.45) is 0 Å². The first kappa shape index (κ1) is 13.8. The van der Waals surface area contributed by atoms with Crippen LogP contribution in [-0.2, 0) is 6.54 Å². The van der Waals surface area contributed by atoms with Crippen LogP contribution < -0.4 is 0 Å². The minimum atomic E-state index is -0.00883. The van der Waals surface area contributed by atoms with Crippen molar-refractivity contribution in [1.82, 2.24) is 4.90 Å². The van der Waals surface area contributed by atoms with Gasteiger partial charge in [0.15, 0.2) is 0 Å². The number of nitriles is 1. The Morgan fingerprint density at radius 1 is 1.20 bits per heavy atom. The maximum Gasteiger partial charge on any atom is 0.254 e. The molecular weight excluding hydrogens is 248 g/mol. The third-order valence-electron chi connectivity index (χ3n) is 3.20.